The maximum absolute atomic E-state index is 13.7. The first-order valence-electron chi connectivity index (χ1n) is 4.45. The number of imidazole rings is 1. The van der Waals surface area contributed by atoms with E-state index in [1.165, 1.54) is 16.7 Å². The van der Waals surface area contributed by atoms with Crippen LogP contribution in [0.2, 0.25) is 10.4 Å². The van der Waals surface area contributed by atoms with Gasteiger partial charge in [0.05, 0.1) is 17.1 Å². The summed E-state index contributed by atoms with van der Waals surface area (Å²) in [7, 11) is 0. The van der Waals surface area contributed by atoms with Gasteiger partial charge in [0, 0.05) is 0 Å². The third-order valence-corrected chi connectivity index (χ3v) is 2.75. The van der Waals surface area contributed by atoms with Gasteiger partial charge in [0.15, 0.2) is 5.65 Å². The highest BCUT2D eigenvalue weighted by Crippen LogP contribution is 2.25. The number of rotatable bonds is 0. The lowest BCUT2D eigenvalue weighted by Gasteiger charge is -2.02. The summed E-state index contributed by atoms with van der Waals surface area (Å²) < 4.78 is 15.1. The fourth-order valence-corrected chi connectivity index (χ4v) is 2.05. The van der Waals surface area contributed by atoms with Gasteiger partial charge in [0.2, 0.25) is 5.28 Å². The number of hydrogen-bond acceptors (Lipinski definition) is 2. The summed E-state index contributed by atoms with van der Waals surface area (Å²) in [5, 5.41) is 0.769. The fraction of sp³-hybridized carbons (Fsp3) is 0. The number of nitrogens with zero attached hydrogens (tertiary/aromatic N) is 3. The fourth-order valence-electron chi connectivity index (χ4n) is 1.65. The normalized spacial score (nSPS) is 11.4. The second-order valence-corrected chi connectivity index (χ2v) is 4.00. The van der Waals surface area contributed by atoms with E-state index in [1.807, 2.05) is 0 Å². The maximum Gasteiger partial charge on any atom is 0.209 e. The lowest BCUT2D eigenvalue weighted by Crippen LogP contribution is -1.93. The van der Waals surface area contributed by atoms with E-state index in [4.69, 9.17) is 23.2 Å². The molecular formula is C10H4Cl2FN3. The van der Waals surface area contributed by atoms with Gasteiger partial charge < -0.3 is 0 Å². The van der Waals surface area contributed by atoms with Crippen molar-refractivity contribution in [3.63, 3.8) is 0 Å². The van der Waals surface area contributed by atoms with Crippen LogP contribution in [0.15, 0.2) is 24.4 Å². The van der Waals surface area contributed by atoms with E-state index in [2.05, 4.69) is 9.97 Å². The SMILES string of the molecule is Fc1cccc2nc(Cl)n3cc(Cl)nc3c12. The topological polar surface area (TPSA) is 30.2 Å². The zero-order chi connectivity index (χ0) is 11.3. The molecule has 0 unspecified atom stereocenters. The summed E-state index contributed by atoms with van der Waals surface area (Å²) in [4.78, 5) is 8.09. The van der Waals surface area contributed by atoms with Gasteiger partial charge in [0.25, 0.3) is 0 Å². The Balaban J connectivity index is 2.65. The number of halogens is 3. The van der Waals surface area contributed by atoms with Crippen LogP contribution in [-0.2, 0) is 0 Å². The third-order valence-electron chi connectivity index (χ3n) is 2.30. The van der Waals surface area contributed by atoms with Gasteiger partial charge in [-0.2, -0.15) is 0 Å². The molecule has 3 nitrogen and oxygen atoms in total. The Hall–Kier alpha value is -1.39. The molecule has 0 bridgehead atoms. The zero-order valence-corrected chi connectivity index (χ0v) is 9.30. The maximum atomic E-state index is 13.7. The van der Waals surface area contributed by atoms with E-state index in [0.29, 0.717) is 16.6 Å². The van der Waals surface area contributed by atoms with Crippen molar-refractivity contribution >= 4 is 39.8 Å². The third kappa shape index (κ3) is 1.27. The summed E-state index contributed by atoms with van der Waals surface area (Å²) >= 11 is 11.7. The Kier molecular flexibility index (Phi) is 2.02. The number of hydrogen-bond donors (Lipinski definition) is 0. The van der Waals surface area contributed by atoms with Gasteiger partial charge in [-0.25, -0.2) is 14.4 Å². The standard InChI is InChI=1S/C10H4Cl2FN3/c11-7-4-16-9(15-7)8-5(13)2-1-3-6(8)14-10(16)12/h1-4H. The minimum absolute atomic E-state index is 0.201. The molecule has 80 valence electrons. The first-order valence-corrected chi connectivity index (χ1v) is 5.21. The lowest BCUT2D eigenvalue weighted by atomic mass is 10.2. The van der Waals surface area contributed by atoms with Crippen LogP contribution in [0, 0.1) is 5.82 Å². The molecule has 1 aromatic carbocycles. The van der Waals surface area contributed by atoms with E-state index in [0.717, 1.165) is 0 Å². The predicted molar refractivity (Wildman–Crippen MR) is 60.5 cm³/mol. The van der Waals surface area contributed by atoms with Gasteiger partial charge in [-0.1, -0.05) is 17.7 Å². The Morgan fingerprint density at radius 2 is 2.00 bits per heavy atom. The van der Waals surface area contributed by atoms with Gasteiger partial charge in [-0.3, -0.25) is 4.40 Å². The Morgan fingerprint density at radius 1 is 1.19 bits per heavy atom. The van der Waals surface area contributed by atoms with Gasteiger partial charge in [-0.05, 0) is 23.7 Å². The summed E-state index contributed by atoms with van der Waals surface area (Å²) in [6.45, 7) is 0. The summed E-state index contributed by atoms with van der Waals surface area (Å²) in [6.07, 6.45) is 1.50. The van der Waals surface area contributed by atoms with Crippen LogP contribution in [0.3, 0.4) is 0 Å². The molecule has 0 aliphatic heterocycles. The molecule has 0 amide bonds. The smallest absolute Gasteiger partial charge is 0.209 e. The zero-order valence-electron chi connectivity index (χ0n) is 7.78. The molecule has 16 heavy (non-hydrogen) atoms. The van der Waals surface area contributed by atoms with Crippen LogP contribution in [0.1, 0.15) is 0 Å². The van der Waals surface area contributed by atoms with E-state index in [9.17, 15) is 4.39 Å². The van der Waals surface area contributed by atoms with Crippen LogP contribution in [0.4, 0.5) is 4.39 Å². The number of aromatic nitrogens is 3. The van der Waals surface area contributed by atoms with E-state index in [-0.39, 0.29) is 10.4 Å². The van der Waals surface area contributed by atoms with Gasteiger partial charge in [-0.15, -0.1) is 0 Å². The molecule has 0 aliphatic carbocycles. The second kappa shape index (κ2) is 3.30. The molecule has 0 saturated carbocycles. The number of fused-ring (bicyclic) bond motifs is 3. The second-order valence-electron chi connectivity index (χ2n) is 3.27. The minimum atomic E-state index is -0.395. The Bertz CT molecular complexity index is 708. The Morgan fingerprint density at radius 3 is 2.81 bits per heavy atom. The van der Waals surface area contributed by atoms with Crippen LogP contribution in [-0.4, -0.2) is 14.4 Å². The van der Waals surface area contributed by atoms with Crippen molar-refractivity contribution in [2.75, 3.05) is 0 Å². The van der Waals surface area contributed by atoms with Gasteiger partial charge in [0.1, 0.15) is 11.0 Å². The van der Waals surface area contributed by atoms with Crippen LogP contribution < -0.4 is 0 Å². The van der Waals surface area contributed by atoms with E-state index >= 15 is 0 Å². The molecule has 0 fully saturated rings. The molecule has 0 radical (unpaired) electrons. The molecule has 6 heteroatoms. The average molecular weight is 256 g/mol. The summed E-state index contributed by atoms with van der Waals surface area (Å²) in [6, 6.07) is 4.59. The van der Waals surface area contributed by atoms with Crippen LogP contribution >= 0.6 is 23.2 Å². The van der Waals surface area contributed by atoms with Crippen molar-refractivity contribution < 1.29 is 4.39 Å². The van der Waals surface area contributed by atoms with Gasteiger partial charge >= 0.3 is 0 Å². The Labute approximate surface area is 99.4 Å². The molecule has 0 aliphatic rings. The molecule has 3 rings (SSSR count). The summed E-state index contributed by atoms with van der Waals surface area (Å²) in [5.74, 6) is -0.395. The molecule has 0 N–H and O–H groups in total. The van der Waals surface area contributed by atoms with E-state index < -0.39 is 5.82 Å². The highest BCUT2D eigenvalue weighted by Gasteiger charge is 2.12. The highest BCUT2D eigenvalue weighted by atomic mass is 35.5. The van der Waals surface area contributed by atoms with E-state index in [1.54, 1.807) is 12.1 Å². The van der Waals surface area contributed by atoms with Crippen molar-refractivity contribution in [2.24, 2.45) is 0 Å². The van der Waals surface area contributed by atoms with Crippen molar-refractivity contribution in [1.82, 2.24) is 14.4 Å². The molecule has 3 aromatic rings. The monoisotopic (exact) mass is 255 g/mol. The van der Waals surface area contributed by atoms with Crippen molar-refractivity contribution in [3.8, 4) is 0 Å². The predicted octanol–water partition coefficient (Wildman–Crippen LogP) is 3.33. The van der Waals surface area contributed by atoms with Crippen molar-refractivity contribution in [1.29, 1.82) is 0 Å². The lowest BCUT2D eigenvalue weighted by molar-refractivity contribution is 0.639. The summed E-state index contributed by atoms with van der Waals surface area (Å²) in [5.41, 5.74) is 0.831. The molecular weight excluding hydrogens is 252 g/mol. The molecule has 0 saturated heterocycles. The van der Waals surface area contributed by atoms with Crippen LogP contribution in [0.25, 0.3) is 16.6 Å². The first kappa shape index (κ1) is 9.81. The number of benzene rings is 1. The highest BCUT2D eigenvalue weighted by molar-refractivity contribution is 6.31. The molecule has 2 aromatic heterocycles. The van der Waals surface area contributed by atoms with Crippen LogP contribution in [0.5, 0.6) is 0 Å². The molecule has 2 heterocycles. The molecule has 0 atom stereocenters. The first-order chi connectivity index (χ1) is 7.66. The average Bonchev–Trinajstić information content (AvgIpc) is 2.60. The molecule has 0 spiro atoms. The minimum Gasteiger partial charge on any atom is -0.272 e. The largest absolute Gasteiger partial charge is 0.272 e. The van der Waals surface area contributed by atoms with Crippen molar-refractivity contribution in [3.05, 3.63) is 40.6 Å². The van der Waals surface area contributed by atoms with Crippen molar-refractivity contribution in [2.45, 2.75) is 0 Å². The quantitative estimate of drug-likeness (QED) is 0.577.